The third kappa shape index (κ3) is 6.47. The highest BCUT2D eigenvalue weighted by Crippen LogP contribution is 2.08. The van der Waals surface area contributed by atoms with Crippen molar-refractivity contribution in [2.75, 3.05) is 13.1 Å². The molecule has 2 amide bonds. The Bertz CT molecular complexity index is 745. The van der Waals surface area contributed by atoms with Gasteiger partial charge in [0.15, 0.2) is 5.78 Å². The number of hydrogen-bond acceptors (Lipinski definition) is 3. The monoisotopic (exact) mass is 356 g/mol. The van der Waals surface area contributed by atoms with Crippen LogP contribution in [0.15, 0.2) is 54.6 Å². The summed E-state index contributed by atoms with van der Waals surface area (Å²) >= 11 is 0. The number of halogens is 1. The van der Waals surface area contributed by atoms with Crippen molar-refractivity contribution in [3.05, 3.63) is 71.5 Å². The highest BCUT2D eigenvalue weighted by atomic mass is 19.1. The Hall–Kier alpha value is -3.02. The Kier molecular flexibility index (Phi) is 7.49. The zero-order chi connectivity index (χ0) is 18.8. The van der Waals surface area contributed by atoms with Crippen molar-refractivity contribution < 1.29 is 18.8 Å². The van der Waals surface area contributed by atoms with Crippen molar-refractivity contribution in [2.45, 2.75) is 19.3 Å². The lowest BCUT2D eigenvalue weighted by Crippen LogP contribution is -2.34. The van der Waals surface area contributed by atoms with Gasteiger partial charge in [0.05, 0.1) is 0 Å². The molecule has 6 heteroatoms. The summed E-state index contributed by atoms with van der Waals surface area (Å²) in [4.78, 5) is 35.4. The molecule has 2 N–H and O–H groups in total. The van der Waals surface area contributed by atoms with Crippen LogP contribution in [-0.2, 0) is 4.79 Å². The molecular formula is C20H21FN2O3. The first-order chi connectivity index (χ1) is 12.6. The van der Waals surface area contributed by atoms with Gasteiger partial charge in [0, 0.05) is 37.1 Å². The van der Waals surface area contributed by atoms with E-state index in [0.29, 0.717) is 30.6 Å². The molecule has 0 aliphatic carbocycles. The topological polar surface area (TPSA) is 75.3 Å². The molecule has 2 rings (SSSR count). The number of hydrogen-bond donors (Lipinski definition) is 2. The largest absolute Gasteiger partial charge is 0.354 e. The summed E-state index contributed by atoms with van der Waals surface area (Å²) in [5.74, 6) is -0.871. The van der Waals surface area contributed by atoms with Crippen LogP contribution in [0.1, 0.15) is 40.0 Å². The first kappa shape index (κ1) is 19.3. The van der Waals surface area contributed by atoms with Crippen molar-refractivity contribution in [3.8, 4) is 0 Å². The summed E-state index contributed by atoms with van der Waals surface area (Å²) in [7, 11) is 0. The smallest absolute Gasteiger partial charge is 0.251 e. The normalized spacial score (nSPS) is 10.2. The second-order valence-corrected chi connectivity index (χ2v) is 5.76. The van der Waals surface area contributed by atoms with E-state index in [2.05, 4.69) is 10.6 Å². The lowest BCUT2D eigenvalue weighted by Gasteiger charge is -2.07. The van der Waals surface area contributed by atoms with Crippen molar-refractivity contribution in [1.82, 2.24) is 10.6 Å². The van der Waals surface area contributed by atoms with E-state index < -0.39 is 0 Å². The molecule has 0 heterocycles. The summed E-state index contributed by atoms with van der Waals surface area (Å²) in [6, 6.07) is 14.2. The van der Waals surface area contributed by atoms with Crippen LogP contribution in [0.25, 0.3) is 0 Å². The predicted molar refractivity (Wildman–Crippen MR) is 96.4 cm³/mol. The van der Waals surface area contributed by atoms with E-state index in [1.807, 2.05) is 6.07 Å². The van der Waals surface area contributed by atoms with E-state index in [0.717, 1.165) is 0 Å². The van der Waals surface area contributed by atoms with E-state index in [1.54, 1.807) is 24.3 Å². The molecule has 0 unspecified atom stereocenters. The SMILES string of the molecule is O=C(CCCC(=O)c1ccc(F)cc1)NCCNC(=O)c1ccccc1. The van der Waals surface area contributed by atoms with Crippen LogP contribution in [0.2, 0.25) is 0 Å². The minimum atomic E-state index is -0.389. The molecule has 0 saturated heterocycles. The average Bonchev–Trinajstić information content (AvgIpc) is 2.66. The maximum atomic E-state index is 12.8. The molecule has 2 aromatic rings. The molecule has 0 bridgehead atoms. The molecule has 5 nitrogen and oxygen atoms in total. The molecule has 0 spiro atoms. The van der Waals surface area contributed by atoms with Gasteiger partial charge in [-0.1, -0.05) is 18.2 Å². The van der Waals surface area contributed by atoms with Gasteiger partial charge < -0.3 is 10.6 Å². The number of ketones is 1. The quantitative estimate of drug-likeness (QED) is 0.536. The van der Waals surface area contributed by atoms with Gasteiger partial charge in [0.2, 0.25) is 5.91 Å². The van der Waals surface area contributed by atoms with Crippen LogP contribution in [0, 0.1) is 5.82 Å². The van der Waals surface area contributed by atoms with Crippen LogP contribution in [0.3, 0.4) is 0 Å². The fraction of sp³-hybridized carbons (Fsp3) is 0.250. The number of carbonyl (C=O) groups excluding carboxylic acids is 3. The second kappa shape index (κ2) is 10.1. The zero-order valence-electron chi connectivity index (χ0n) is 14.3. The number of carbonyl (C=O) groups is 3. The number of rotatable bonds is 9. The first-order valence-electron chi connectivity index (χ1n) is 8.45. The van der Waals surface area contributed by atoms with Gasteiger partial charge in [-0.3, -0.25) is 14.4 Å². The van der Waals surface area contributed by atoms with E-state index >= 15 is 0 Å². The lowest BCUT2D eigenvalue weighted by molar-refractivity contribution is -0.121. The van der Waals surface area contributed by atoms with E-state index in [1.165, 1.54) is 24.3 Å². The molecule has 2 aromatic carbocycles. The Morgan fingerprint density at radius 2 is 1.42 bits per heavy atom. The van der Waals surface area contributed by atoms with Gasteiger partial charge in [-0.05, 0) is 42.8 Å². The van der Waals surface area contributed by atoms with Crippen LogP contribution in [-0.4, -0.2) is 30.7 Å². The first-order valence-corrected chi connectivity index (χ1v) is 8.45. The van der Waals surface area contributed by atoms with Gasteiger partial charge in [0.1, 0.15) is 5.82 Å². The molecule has 0 aliphatic rings. The third-order valence-electron chi connectivity index (χ3n) is 3.74. The van der Waals surface area contributed by atoms with Crippen LogP contribution >= 0.6 is 0 Å². The Labute approximate surface area is 151 Å². The van der Waals surface area contributed by atoms with Crippen LogP contribution < -0.4 is 10.6 Å². The van der Waals surface area contributed by atoms with E-state index in [4.69, 9.17) is 0 Å². The number of nitrogens with one attached hydrogen (secondary N) is 2. The standard InChI is InChI=1S/C20H21FN2O3/c21-17-11-9-15(10-12-17)18(24)7-4-8-19(25)22-13-14-23-20(26)16-5-2-1-3-6-16/h1-3,5-6,9-12H,4,7-8,13-14H2,(H,22,25)(H,23,26). The molecule has 0 aromatic heterocycles. The Balaban J connectivity index is 1.58. The van der Waals surface area contributed by atoms with Crippen molar-refractivity contribution in [1.29, 1.82) is 0 Å². The molecule has 0 saturated carbocycles. The lowest BCUT2D eigenvalue weighted by atomic mass is 10.1. The van der Waals surface area contributed by atoms with Crippen molar-refractivity contribution in [2.24, 2.45) is 0 Å². The van der Waals surface area contributed by atoms with Crippen molar-refractivity contribution in [3.63, 3.8) is 0 Å². The summed E-state index contributed by atoms with van der Waals surface area (Å²) in [6.45, 7) is 0.650. The molecule has 0 atom stereocenters. The Morgan fingerprint density at radius 1 is 0.769 bits per heavy atom. The minimum Gasteiger partial charge on any atom is -0.354 e. The van der Waals surface area contributed by atoms with Crippen molar-refractivity contribution >= 4 is 17.6 Å². The highest BCUT2D eigenvalue weighted by Gasteiger charge is 2.08. The van der Waals surface area contributed by atoms with Gasteiger partial charge in [-0.15, -0.1) is 0 Å². The van der Waals surface area contributed by atoms with E-state index in [-0.39, 0.29) is 36.3 Å². The predicted octanol–water partition coefficient (Wildman–Crippen LogP) is 2.72. The molecule has 0 fully saturated rings. The summed E-state index contributed by atoms with van der Waals surface area (Å²) < 4.78 is 12.8. The highest BCUT2D eigenvalue weighted by molar-refractivity contribution is 5.96. The zero-order valence-corrected chi connectivity index (χ0v) is 14.3. The fourth-order valence-electron chi connectivity index (χ4n) is 2.35. The summed E-state index contributed by atoms with van der Waals surface area (Å²) in [5.41, 5.74) is 1.01. The minimum absolute atomic E-state index is 0.118. The molecule has 0 aliphatic heterocycles. The van der Waals surface area contributed by atoms with Gasteiger partial charge in [0.25, 0.3) is 5.91 Å². The number of Topliss-reactive ketones (excluding diaryl/α,β-unsaturated/α-hetero) is 1. The average molecular weight is 356 g/mol. The maximum Gasteiger partial charge on any atom is 0.251 e. The summed E-state index contributed by atoms with van der Waals surface area (Å²) in [6.07, 6.45) is 0.863. The van der Waals surface area contributed by atoms with Crippen LogP contribution in [0.4, 0.5) is 4.39 Å². The van der Waals surface area contributed by atoms with Gasteiger partial charge in [-0.25, -0.2) is 4.39 Å². The molecule has 136 valence electrons. The fourth-order valence-corrected chi connectivity index (χ4v) is 2.35. The van der Waals surface area contributed by atoms with Gasteiger partial charge >= 0.3 is 0 Å². The number of amides is 2. The molecule has 26 heavy (non-hydrogen) atoms. The van der Waals surface area contributed by atoms with Crippen LogP contribution in [0.5, 0.6) is 0 Å². The van der Waals surface area contributed by atoms with E-state index in [9.17, 15) is 18.8 Å². The maximum absolute atomic E-state index is 12.8. The second-order valence-electron chi connectivity index (χ2n) is 5.76. The Morgan fingerprint density at radius 3 is 2.12 bits per heavy atom. The summed E-state index contributed by atoms with van der Waals surface area (Å²) in [5, 5.41) is 5.41. The molecular weight excluding hydrogens is 335 g/mol. The van der Waals surface area contributed by atoms with Gasteiger partial charge in [-0.2, -0.15) is 0 Å². The number of benzene rings is 2. The molecule has 0 radical (unpaired) electrons. The third-order valence-corrected chi connectivity index (χ3v) is 3.74.